The molecule has 0 saturated carbocycles. The number of rotatable bonds is 16. The molecule has 0 heterocycles. The third kappa shape index (κ3) is 7.29. The Hall–Kier alpha value is -1.56. The van der Waals surface area contributed by atoms with Gasteiger partial charge in [-0.2, -0.15) is 0 Å². The van der Waals surface area contributed by atoms with Gasteiger partial charge in [-0.15, -0.1) is 0 Å². The smallest absolute Gasteiger partial charge is 0.00107 e. The first-order valence-electron chi connectivity index (χ1n) is 13.1. The highest BCUT2D eigenvalue weighted by molar-refractivity contribution is 5.77. The lowest BCUT2D eigenvalue weighted by molar-refractivity contribution is 0.532. The van der Waals surface area contributed by atoms with E-state index in [9.17, 15) is 0 Å². The van der Waals surface area contributed by atoms with Gasteiger partial charge in [0.25, 0.3) is 0 Å². The topological polar surface area (TPSA) is 0 Å². The molecule has 0 bridgehead atoms. The van der Waals surface area contributed by atoms with E-state index in [1.165, 1.54) is 119 Å². The number of hydrogen-bond acceptors (Lipinski definition) is 0. The summed E-state index contributed by atoms with van der Waals surface area (Å²) in [7, 11) is 0. The summed E-state index contributed by atoms with van der Waals surface area (Å²) < 4.78 is 0. The van der Waals surface area contributed by atoms with E-state index >= 15 is 0 Å². The quantitative estimate of drug-likeness (QED) is 0.208. The molecule has 0 nitrogen and oxygen atoms in total. The van der Waals surface area contributed by atoms with Crippen molar-refractivity contribution >= 4 is 0 Å². The molecule has 0 atom stereocenters. The second-order valence-corrected chi connectivity index (χ2v) is 9.48. The lowest BCUT2D eigenvalue weighted by atomic mass is 9.96. The summed E-state index contributed by atoms with van der Waals surface area (Å²) in [5, 5.41) is 0. The zero-order valence-corrected chi connectivity index (χ0v) is 19.6. The molecule has 3 rings (SSSR count). The van der Waals surface area contributed by atoms with Crippen LogP contribution in [0.25, 0.3) is 11.1 Å². The first-order valence-corrected chi connectivity index (χ1v) is 13.1. The van der Waals surface area contributed by atoms with E-state index in [4.69, 9.17) is 0 Å². The fourth-order valence-electron chi connectivity index (χ4n) is 5.14. The Bertz CT molecular complexity index is 727. The van der Waals surface area contributed by atoms with Gasteiger partial charge in [-0.3, -0.25) is 0 Å². The van der Waals surface area contributed by atoms with Crippen molar-refractivity contribution in [2.24, 2.45) is 0 Å². The SMILES string of the molecule is CCCCCCCCCCCCCCCCCc1cccc2c1Cc1ccccc1-2. The maximum Gasteiger partial charge on any atom is -0.00107 e. The molecule has 2 aromatic carbocycles. The zero-order valence-electron chi connectivity index (χ0n) is 19.6. The Morgan fingerprint density at radius 3 is 1.70 bits per heavy atom. The predicted molar refractivity (Wildman–Crippen MR) is 133 cm³/mol. The Labute approximate surface area is 186 Å². The maximum atomic E-state index is 2.37. The molecule has 164 valence electrons. The van der Waals surface area contributed by atoms with Crippen molar-refractivity contribution in [1.82, 2.24) is 0 Å². The van der Waals surface area contributed by atoms with Gasteiger partial charge in [0.1, 0.15) is 0 Å². The molecule has 1 aliphatic carbocycles. The van der Waals surface area contributed by atoms with Crippen LogP contribution in [0.3, 0.4) is 0 Å². The van der Waals surface area contributed by atoms with E-state index in [1.54, 1.807) is 11.1 Å². The van der Waals surface area contributed by atoms with Crippen molar-refractivity contribution in [3.63, 3.8) is 0 Å². The monoisotopic (exact) mass is 404 g/mol. The lowest BCUT2D eigenvalue weighted by Gasteiger charge is -2.09. The summed E-state index contributed by atoms with van der Waals surface area (Å²) in [5.74, 6) is 0. The van der Waals surface area contributed by atoms with Crippen molar-refractivity contribution in [2.45, 2.75) is 116 Å². The zero-order chi connectivity index (χ0) is 20.9. The number of fused-ring (bicyclic) bond motifs is 3. The first-order chi connectivity index (χ1) is 14.9. The van der Waals surface area contributed by atoms with E-state index in [2.05, 4.69) is 49.4 Å². The Morgan fingerprint density at radius 2 is 1.07 bits per heavy atom. The molecule has 0 fully saturated rings. The molecule has 30 heavy (non-hydrogen) atoms. The van der Waals surface area contributed by atoms with E-state index in [0.717, 1.165) is 6.42 Å². The van der Waals surface area contributed by atoms with Gasteiger partial charge in [-0.25, -0.2) is 0 Å². The van der Waals surface area contributed by atoms with Crippen LogP contribution in [0.5, 0.6) is 0 Å². The Balaban J connectivity index is 1.19. The summed E-state index contributed by atoms with van der Waals surface area (Å²) in [6, 6.07) is 15.9. The normalized spacial score (nSPS) is 12.2. The van der Waals surface area contributed by atoms with Crippen LogP contribution in [0.15, 0.2) is 42.5 Å². The summed E-state index contributed by atoms with van der Waals surface area (Å²) in [6.07, 6.45) is 24.0. The third-order valence-electron chi connectivity index (χ3n) is 7.00. The molecule has 0 aliphatic heterocycles. The van der Waals surface area contributed by atoms with Crippen molar-refractivity contribution in [3.8, 4) is 11.1 Å². The van der Waals surface area contributed by atoms with E-state index < -0.39 is 0 Å². The third-order valence-corrected chi connectivity index (χ3v) is 7.00. The molecule has 0 aromatic heterocycles. The standard InChI is InChI=1S/C30H44/c1-2-3-4-5-6-7-8-9-10-11-12-13-14-15-16-20-26-22-19-24-29-28-23-18-17-21-27(28)25-30(26)29/h17-19,21-24H,2-16,20,25H2,1H3. The van der Waals surface area contributed by atoms with Gasteiger partial charge in [-0.05, 0) is 47.1 Å². The van der Waals surface area contributed by atoms with Crippen LogP contribution in [0.1, 0.15) is 120 Å². The van der Waals surface area contributed by atoms with Crippen molar-refractivity contribution < 1.29 is 0 Å². The minimum Gasteiger partial charge on any atom is -0.0654 e. The second kappa shape index (κ2) is 13.7. The summed E-state index contributed by atoms with van der Waals surface area (Å²) in [4.78, 5) is 0. The average molecular weight is 405 g/mol. The number of hydrogen-bond donors (Lipinski definition) is 0. The van der Waals surface area contributed by atoms with Gasteiger partial charge in [0.2, 0.25) is 0 Å². The predicted octanol–water partition coefficient (Wildman–Crippen LogP) is 9.67. The van der Waals surface area contributed by atoms with Crippen molar-refractivity contribution in [2.75, 3.05) is 0 Å². The highest BCUT2D eigenvalue weighted by Gasteiger charge is 2.19. The highest BCUT2D eigenvalue weighted by atomic mass is 14.2. The molecule has 2 aromatic rings. The van der Waals surface area contributed by atoms with Crippen LogP contribution in [-0.4, -0.2) is 0 Å². The molecular formula is C30H44. The van der Waals surface area contributed by atoms with Gasteiger partial charge in [0.15, 0.2) is 0 Å². The number of aryl methyl sites for hydroxylation is 1. The molecule has 0 spiro atoms. The van der Waals surface area contributed by atoms with Gasteiger partial charge in [-0.1, -0.05) is 139 Å². The molecule has 0 N–H and O–H groups in total. The summed E-state index contributed by atoms with van der Waals surface area (Å²) in [5.41, 5.74) is 7.66. The van der Waals surface area contributed by atoms with Crippen LogP contribution in [0, 0.1) is 0 Å². The molecule has 0 radical (unpaired) electrons. The fraction of sp³-hybridized carbons (Fsp3) is 0.600. The summed E-state index contributed by atoms with van der Waals surface area (Å²) >= 11 is 0. The minimum atomic E-state index is 1.14. The van der Waals surface area contributed by atoms with E-state index in [1.807, 2.05) is 0 Å². The van der Waals surface area contributed by atoms with Crippen LogP contribution in [0.2, 0.25) is 0 Å². The largest absolute Gasteiger partial charge is 0.0654 e. The average Bonchev–Trinajstić information content (AvgIpc) is 3.16. The van der Waals surface area contributed by atoms with E-state index in [0.29, 0.717) is 0 Å². The Kier molecular flexibility index (Phi) is 10.5. The molecule has 0 saturated heterocycles. The Morgan fingerprint density at radius 1 is 0.533 bits per heavy atom. The molecule has 0 unspecified atom stereocenters. The fourth-order valence-corrected chi connectivity index (χ4v) is 5.14. The van der Waals surface area contributed by atoms with Gasteiger partial charge in [0.05, 0.1) is 0 Å². The molecule has 0 amide bonds. The van der Waals surface area contributed by atoms with Crippen molar-refractivity contribution in [3.05, 3.63) is 59.2 Å². The molecule has 1 aliphatic rings. The van der Waals surface area contributed by atoms with Crippen LogP contribution in [0.4, 0.5) is 0 Å². The van der Waals surface area contributed by atoms with Gasteiger partial charge in [0, 0.05) is 0 Å². The minimum absolute atomic E-state index is 1.14. The van der Waals surface area contributed by atoms with Gasteiger partial charge >= 0.3 is 0 Å². The molecular weight excluding hydrogens is 360 g/mol. The van der Waals surface area contributed by atoms with Gasteiger partial charge < -0.3 is 0 Å². The highest BCUT2D eigenvalue weighted by Crippen LogP contribution is 2.38. The van der Waals surface area contributed by atoms with Crippen LogP contribution < -0.4 is 0 Å². The second-order valence-electron chi connectivity index (χ2n) is 9.48. The lowest BCUT2D eigenvalue weighted by Crippen LogP contribution is -1.93. The first kappa shape index (κ1) is 23.1. The van der Waals surface area contributed by atoms with E-state index in [-0.39, 0.29) is 0 Å². The van der Waals surface area contributed by atoms with Crippen molar-refractivity contribution in [1.29, 1.82) is 0 Å². The summed E-state index contributed by atoms with van der Waals surface area (Å²) in [6.45, 7) is 2.30. The van der Waals surface area contributed by atoms with Crippen LogP contribution in [-0.2, 0) is 12.8 Å². The maximum absolute atomic E-state index is 2.37. The number of benzene rings is 2. The number of unbranched alkanes of at least 4 members (excludes halogenated alkanes) is 14. The molecule has 0 heteroatoms. The van der Waals surface area contributed by atoms with Crippen LogP contribution >= 0.6 is 0 Å².